The molecule has 0 radical (unpaired) electrons. The molecule has 4 aromatic rings. The summed E-state index contributed by atoms with van der Waals surface area (Å²) >= 11 is 3.00. The van der Waals surface area contributed by atoms with Gasteiger partial charge in [0, 0.05) is 16.1 Å². The van der Waals surface area contributed by atoms with E-state index in [0.29, 0.717) is 5.16 Å². The van der Waals surface area contributed by atoms with Gasteiger partial charge in [0.25, 0.3) is 5.91 Å². The number of carbonyl (C=O) groups is 1. The van der Waals surface area contributed by atoms with Crippen molar-refractivity contribution in [3.8, 4) is 17.1 Å². The average molecular weight is 474 g/mol. The van der Waals surface area contributed by atoms with Gasteiger partial charge in [0.2, 0.25) is 0 Å². The van der Waals surface area contributed by atoms with Crippen LogP contribution in [0.1, 0.15) is 11.1 Å². The molecule has 0 bridgehead atoms. The largest absolute Gasteiger partial charge is 0.272 e. The van der Waals surface area contributed by atoms with E-state index >= 15 is 0 Å². The monoisotopic (exact) mass is 473 g/mol. The van der Waals surface area contributed by atoms with Crippen molar-refractivity contribution >= 4 is 35.6 Å². The number of hydrogen-bond acceptors (Lipinski definition) is 6. The fourth-order valence-corrected chi connectivity index (χ4v) is 4.25. The molecule has 0 fully saturated rings. The Morgan fingerprint density at radius 1 is 1.00 bits per heavy atom. The summed E-state index contributed by atoms with van der Waals surface area (Å²) in [5, 5.41) is 13.5. The summed E-state index contributed by atoms with van der Waals surface area (Å²) in [5.41, 5.74) is 6.58. The van der Waals surface area contributed by atoms with Crippen molar-refractivity contribution in [3.05, 3.63) is 90.0 Å². The highest BCUT2D eigenvalue weighted by Gasteiger charge is 2.17. The molecule has 1 N–H and O–H groups in total. The summed E-state index contributed by atoms with van der Waals surface area (Å²) in [5.74, 6) is 0.687. The second kappa shape index (κ2) is 11.0. The first-order chi connectivity index (χ1) is 16.1. The Morgan fingerprint density at radius 2 is 1.73 bits per heavy atom. The molecule has 4 rings (SSSR count). The fourth-order valence-electron chi connectivity index (χ4n) is 3.10. The lowest BCUT2D eigenvalue weighted by molar-refractivity contribution is -0.118. The first-order valence-corrected chi connectivity index (χ1v) is 12.5. The van der Waals surface area contributed by atoms with Crippen LogP contribution < -0.4 is 5.43 Å². The topological polar surface area (TPSA) is 72.2 Å². The Hall–Kier alpha value is -3.36. The smallest absolute Gasteiger partial charge is 0.250 e. The zero-order valence-electron chi connectivity index (χ0n) is 18.3. The first-order valence-electron chi connectivity index (χ1n) is 10.3. The van der Waals surface area contributed by atoms with Gasteiger partial charge < -0.3 is 0 Å². The van der Waals surface area contributed by atoms with Gasteiger partial charge in [-0.1, -0.05) is 71.9 Å². The molecule has 166 valence electrons. The molecule has 0 aliphatic heterocycles. The molecule has 1 aromatic heterocycles. The molecule has 0 saturated carbocycles. The normalized spacial score (nSPS) is 11.1. The van der Waals surface area contributed by atoms with Gasteiger partial charge in [-0.25, -0.2) is 5.43 Å². The van der Waals surface area contributed by atoms with Gasteiger partial charge >= 0.3 is 0 Å². The number of nitrogens with zero attached hydrogens (tertiary/aromatic N) is 4. The van der Waals surface area contributed by atoms with E-state index in [2.05, 4.69) is 20.7 Å². The van der Waals surface area contributed by atoms with Crippen LogP contribution in [0.2, 0.25) is 0 Å². The third kappa shape index (κ3) is 5.91. The zero-order chi connectivity index (χ0) is 23.0. The van der Waals surface area contributed by atoms with Crippen molar-refractivity contribution in [2.24, 2.45) is 5.10 Å². The quantitative estimate of drug-likeness (QED) is 0.216. The van der Waals surface area contributed by atoms with Crippen LogP contribution in [0.4, 0.5) is 0 Å². The van der Waals surface area contributed by atoms with E-state index in [1.807, 2.05) is 96.6 Å². The molecule has 8 heteroatoms. The molecule has 0 saturated heterocycles. The Bertz CT molecular complexity index is 1240. The Morgan fingerprint density at radius 3 is 2.42 bits per heavy atom. The van der Waals surface area contributed by atoms with Crippen LogP contribution in [-0.4, -0.2) is 38.9 Å². The van der Waals surface area contributed by atoms with Gasteiger partial charge in [-0.2, -0.15) is 5.10 Å². The van der Waals surface area contributed by atoms with Crippen LogP contribution in [0.3, 0.4) is 0 Å². The molecule has 0 aliphatic carbocycles. The molecule has 6 nitrogen and oxygen atoms in total. The number of carbonyl (C=O) groups excluding carboxylic acids is 1. The van der Waals surface area contributed by atoms with Gasteiger partial charge in [0.15, 0.2) is 11.0 Å². The molecular weight excluding hydrogens is 450 g/mol. The predicted molar refractivity (Wildman–Crippen MR) is 136 cm³/mol. The summed E-state index contributed by atoms with van der Waals surface area (Å²) in [6.45, 7) is 2.05. The minimum Gasteiger partial charge on any atom is -0.272 e. The fraction of sp³-hybridized carbons (Fsp3) is 0.120. The number of nitrogens with one attached hydrogen (secondary N) is 1. The average Bonchev–Trinajstić information content (AvgIpc) is 3.28. The zero-order valence-corrected chi connectivity index (χ0v) is 19.9. The number of aryl methyl sites for hydroxylation is 1. The minimum atomic E-state index is -0.211. The van der Waals surface area contributed by atoms with E-state index in [-0.39, 0.29) is 11.7 Å². The van der Waals surface area contributed by atoms with Gasteiger partial charge in [0.1, 0.15) is 0 Å². The standard InChI is InChI=1S/C25H23N5OS2/c1-18-8-12-21(13-9-18)30-24(20-6-4-3-5-7-20)28-29-25(30)33-17-23(31)27-26-16-19-10-14-22(32-2)15-11-19/h3-16H,17H2,1-2H3,(H,27,31)/b26-16+. The number of benzene rings is 3. The van der Waals surface area contributed by atoms with Crippen molar-refractivity contribution < 1.29 is 4.79 Å². The van der Waals surface area contributed by atoms with Crippen LogP contribution in [-0.2, 0) is 4.79 Å². The Balaban J connectivity index is 1.47. The number of rotatable bonds is 8. The second-order valence-electron chi connectivity index (χ2n) is 7.20. The van der Waals surface area contributed by atoms with Crippen LogP contribution in [0.5, 0.6) is 0 Å². The lowest BCUT2D eigenvalue weighted by Gasteiger charge is -2.10. The third-order valence-corrected chi connectivity index (χ3v) is 6.48. The van der Waals surface area contributed by atoms with E-state index in [0.717, 1.165) is 22.6 Å². The van der Waals surface area contributed by atoms with Crippen LogP contribution in [0.25, 0.3) is 17.1 Å². The molecule has 33 heavy (non-hydrogen) atoms. The van der Waals surface area contributed by atoms with E-state index in [4.69, 9.17) is 0 Å². The molecule has 1 heterocycles. The summed E-state index contributed by atoms with van der Waals surface area (Å²) in [7, 11) is 0. The van der Waals surface area contributed by atoms with Crippen molar-refractivity contribution in [1.29, 1.82) is 0 Å². The maximum atomic E-state index is 12.4. The second-order valence-corrected chi connectivity index (χ2v) is 9.02. The SMILES string of the molecule is CSc1ccc(/C=N/NC(=O)CSc2nnc(-c3ccccc3)n2-c2ccc(C)cc2)cc1. The molecule has 0 atom stereocenters. The highest BCUT2D eigenvalue weighted by molar-refractivity contribution is 7.99. The molecule has 0 aliphatic rings. The lowest BCUT2D eigenvalue weighted by Crippen LogP contribution is -2.20. The Labute approximate surface area is 201 Å². The number of thioether (sulfide) groups is 2. The number of amides is 1. The highest BCUT2D eigenvalue weighted by atomic mass is 32.2. The first kappa shape index (κ1) is 22.8. The van der Waals surface area contributed by atoms with Gasteiger partial charge in [-0.3, -0.25) is 9.36 Å². The summed E-state index contributed by atoms with van der Waals surface area (Å²) < 4.78 is 1.98. The van der Waals surface area contributed by atoms with Crippen molar-refractivity contribution in [2.75, 3.05) is 12.0 Å². The summed E-state index contributed by atoms with van der Waals surface area (Å²) in [4.78, 5) is 13.6. The molecule has 1 amide bonds. The number of aromatic nitrogens is 3. The number of hydrogen-bond donors (Lipinski definition) is 1. The summed E-state index contributed by atoms with van der Waals surface area (Å²) in [6.07, 6.45) is 3.67. The van der Waals surface area contributed by atoms with Crippen LogP contribution in [0, 0.1) is 6.92 Å². The van der Waals surface area contributed by atoms with Gasteiger partial charge in [-0.05, 0) is 43.0 Å². The molecule has 0 spiro atoms. The lowest BCUT2D eigenvalue weighted by atomic mass is 10.2. The van der Waals surface area contributed by atoms with E-state index in [1.165, 1.54) is 22.2 Å². The minimum absolute atomic E-state index is 0.168. The maximum Gasteiger partial charge on any atom is 0.250 e. The van der Waals surface area contributed by atoms with E-state index in [9.17, 15) is 4.79 Å². The molecule has 3 aromatic carbocycles. The Kier molecular flexibility index (Phi) is 7.59. The van der Waals surface area contributed by atoms with Crippen molar-refractivity contribution in [3.63, 3.8) is 0 Å². The predicted octanol–water partition coefficient (Wildman–Crippen LogP) is 5.21. The number of hydrazone groups is 1. The van der Waals surface area contributed by atoms with Gasteiger partial charge in [-0.15, -0.1) is 22.0 Å². The molecule has 0 unspecified atom stereocenters. The highest BCUT2D eigenvalue weighted by Crippen LogP contribution is 2.28. The molecular formula is C25H23N5OS2. The maximum absolute atomic E-state index is 12.4. The van der Waals surface area contributed by atoms with E-state index in [1.54, 1.807) is 18.0 Å². The van der Waals surface area contributed by atoms with Crippen LogP contribution in [0.15, 0.2) is 94.0 Å². The van der Waals surface area contributed by atoms with Crippen molar-refractivity contribution in [2.45, 2.75) is 17.0 Å². The summed E-state index contributed by atoms with van der Waals surface area (Å²) in [6, 6.07) is 26.0. The van der Waals surface area contributed by atoms with Crippen LogP contribution >= 0.6 is 23.5 Å². The van der Waals surface area contributed by atoms with E-state index < -0.39 is 0 Å². The third-order valence-electron chi connectivity index (χ3n) is 4.81. The van der Waals surface area contributed by atoms with Crippen molar-refractivity contribution in [1.82, 2.24) is 20.2 Å². The van der Waals surface area contributed by atoms with Gasteiger partial charge in [0.05, 0.1) is 12.0 Å².